The van der Waals surface area contributed by atoms with Gasteiger partial charge in [0.15, 0.2) is 0 Å². The maximum atomic E-state index is 2.26. The molecule has 0 saturated carbocycles. The topological polar surface area (TPSA) is 0 Å². The van der Waals surface area contributed by atoms with Crippen LogP contribution in [0.5, 0.6) is 0 Å². The molecule has 0 heterocycles. The molecule has 0 N–H and O–H groups in total. The predicted octanol–water partition coefficient (Wildman–Crippen LogP) is 5.99. The second kappa shape index (κ2) is 8.61. The Hall–Kier alpha value is -0.781. The van der Waals surface area contributed by atoms with E-state index in [1.165, 1.54) is 24.0 Å². The normalized spacial score (nSPS) is 11.3. The molecule has 0 aliphatic rings. The van der Waals surface area contributed by atoms with E-state index in [0.717, 1.165) is 0 Å². The molecule has 0 amide bonds. The van der Waals surface area contributed by atoms with Gasteiger partial charge in [0.1, 0.15) is 0 Å². The summed E-state index contributed by atoms with van der Waals surface area (Å²) >= 11 is 0. The van der Waals surface area contributed by atoms with E-state index >= 15 is 0 Å². The van der Waals surface area contributed by atoms with Crippen LogP contribution in [0.3, 0.4) is 0 Å². The molecule has 0 aromatic heterocycles. The summed E-state index contributed by atoms with van der Waals surface area (Å²) in [5.74, 6) is 0. The molecule has 1 heteroatoms. The minimum Gasteiger partial charge on any atom is -0.748 e. The van der Waals surface area contributed by atoms with E-state index < -0.39 is 0 Å². The summed E-state index contributed by atoms with van der Waals surface area (Å²) in [6.45, 7) is 13.6. The Morgan fingerprint density at radius 2 is 1.19 bits per heavy atom. The summed E-state index contributed by atoms with van der Waals surface area (Å²) in [7, 11) is 0. The van der Waals surface area contributed by atoms with Gasteiger partial charge in [0.05, 0.1) is 0 Å². The van der Waals surface area contributed by atoms with Crippen LogP contribution in [0.15, 0.2) is 48.5 Å². The largest absolute Gasteiger partial charge is 0.748 e. The molecule has 0 saturated heterocycles. The Balaban J connectivity index is 0.000000364. The quantitative estimate of drug-likeness (QED) is 0.470. The number of rotatable bonds is 2. The first-order valence-corrected chi connectivity index (χ1v) is 7.57. The first-order valence-electron chi connectivity index (χ1n) is 7.57. The molecule has 2 aromatic rings. The zero-order valence-electron chi connectivity index (χ0n) is 14.4. The second-order valence-electron chi connectivity index (χ2n) is 8.06. The van der Waals surface area contributed by atoms with Crippen molar-refractivity contribution in [3.05, 3.63) is 59.7 Å². The van der Waals surface area contributed by atoms with E-state index in [1.54, 1.807) is 0 Å². The zero-order chi connectivity index (χ0) is 15.2. The molecule has 0 nitrogen and oxygen atoms in total. The van der Waals surface area contributed by atoms with E-state index in [4.69, 9.17) is 0 Å². The summed E-state index contributed by atoms with van der Waals surface area (Å²) in [5.41, 5.74) is 3.75. The maximum Gasteiger partial charge on any atom is 0 e. The van der Waals surface area contributed by atoms with Crippen LogP contribution in [0.4, 0.5) is 0 Å². The van der Waals surface area contributed by atoms with Crippen LogP contribution < -0.4 is 0 Å². The van der Waals surface area contributed by atoms with Gasteiger partial charge in [-0.1, -0.05) is 53.4 Å². The van der Waals surface area contributed by atoms with Gasteiger partial charge in [-0.3, -0.25) is 0 Å². The van der Waals surface area contributed by atoms with E-state index in [9.17, 15) is 0 Å². The Labute approximate surface area is 142 Å². The zero-order valence-corrected chi connectivity index (χ0v) is 15.5. The molecule has 0 radical (unpaired) electrons. The van der Waals surface area contributed by atoms with Crippen molar-refractivity contribution >= 4 is 0 Å². The van der Waals surface area contributed by atoms with Crippen molar-refractivity contribution in [3.8, 4) is 0 Å². The van der Waals surface area contributed by atoms with Crippen molar-refractivity contribution in [2.45, 2.75) is 54.4 Å². The van der Waals surface area contributed by atoms with E-state index in [1.807, 2.05) is 0 Å². The van der Waals surface area contributed by atoms with Crippen molar-refractivity contribution in [3.63, 3.8) is 0 Å². The monoisotopic (exact) mass is 326 g/mol. The molecule has 2 rings (SSSR count). The van der Waals surface area contributed by atoms with Gasteiger partial charge in [0, 0.05) is 17.1 Å². The maximum absolute atomic E-state index is 2.26. The molecule has 0 fully saturated rings. The first-order chi connectivity index (χ1) is 9.16. The fourth-order valence-corrected chi connectivity index (χ4v) is 2.29. The third-order valence-electron chi connectivity index (χ3n) is 2.93. The van der Waals surface area contributed by atoms with Crippen LogP contribution >= 0.6 is 0 Å². The summed E-state index contributed by atoms with van der Waals surface area (Å²) in [5, 5.41) is 0. The van der Waals surface area contributed by atoms with Gasteiger partial charge in [-0.05, 0) is 5.41 Å². The van der Waals surface area contributed by atoms with Gasteiger partial charge in [-0.2, -0.15) is 17.7 Å². The average molecular weight is 326 g/mol. The number of hydrogen-bond donors (Lipinski definition) is 0. The summed E-state index contributed by atoms with van der Waals surface area (Å²) < 4.78 is 0. The molecule has 0 bridgehead atoms. The standard InChI is InChI=1S/2C10H15.Fe/c2*1-10(2,3)8-9-6-4-5-7-9;/h2*4-7H,8H2,1-3H3;/q-5;-1;. The van der Waals surface area contributed by atoms with Gasteiger partial charge in [0.2, 0.25) is 0 Å². The van der Waals surface area contributed by atoms with E-state index in [-0.39, 0.29) is 17.1 Å². The van der Waals surface area contributed by atoms with Crippen LogP contribution in [-0.2, 0) is 29.9 Å². The number of hydrogen-bond acceptors (Lipinski definition) is 0. The first kappa shape index (κ1) is 20.2. The smallest absolute Gasteiger partial charge is 0 e. The molecular formula is C20H30Fe-6. The minimum atomic E-state index is 0. The Morgan fingerprint density at radius 1 is 0.762 bits per heavy atom. The van der Waals surface area contributed by atoms with Crippen LogP contribution in [0.25, 0.3) is 0 Å². The van der Waals surface area contributed by atoms with Crippen molar-refractivity contribution in [1.82, 2.24) is 0 Å². The molecule has 0 aliphatic carbocycles. The van der Waals surface area contributed by atoms with Crippen LogP contribution in [-0.4, -0.2) is 0 Å². The van der Waals surface area contributed by atoms with Crippen molar-refractivity contribution in [2.24, 2.45) is 10.8 Å². The van der Waals surface area contributed by atoms with Crippen LogP contribution in [0.2, 0.25) is 0 Å². The van der Waals surface area contributed by atoms with Crippen LogP contribution in [0.1, 0.15) is 52.7 Å². The molecule has 0 aliphatic heterocycles. The second-order valence-corrected chi connectivity index (χ2v) is 8.06. The molecule has 2 aromatic carbocycles. The molecule has 124 valence electrons. The predicted molar refractivity (Wildman–Crippen MR) is 90.4 cm³/mol. The molecule has 0 spiro atoms. The van der Waals surface area contributed by atoms with Gasteiger partial charge in [-0.15, -0.1) is 0 Å². The van der Waals surface area contributed by atoms with Gasteiger partial charge in [0.25, 0.3) is 0 Å². The van der Waals surface area contributed by atoms with Gasteiger partial charge >= 0.3 is 0 Å². The van der Waals surface area contributed by atoms with Crippen molar-refractivity contribution in [2.75, 3.05) is 0 Å². The van der Waals surface area contributed by atoms with Gasteiger partial charge < -0.3 is 29.8 Å². The average Bonchev–Trinajstić information content (AvgIpc) is 2.87. The summed E-state index contributed by atoms with van der Waals surface area (Å²) in [4.78, 5) is 0. The summed E-state index contributed by atoms with van der Waals surface area (Å²) in [6.07, 6.45) is 2.36. The van der Waals surface area contributed by atoms with Crippen molar-refractivity contribution < 1.29 is 17.1 Å². The molecule has 0 unspecified atom stereocenters. The SMILES string of the molecule is CC(C)(C)C[c-]1[cH-][cH-][cH-][cH-]1.CC(C)(C)C[c-]1cccc1.[Fe]. The van der Waals surface area contributed by atoms with E-state index in [2.05, 4.69) is 90.1 Å². The summed E-state index contributed by atoms with van der Waals surface area (Å²) in [6, 6.07) is 17.1. The fourth-order valence-electron chi connectivity index (χ4n) is 2.29. The minimum absolute atomic E-state index is 0. The fraction of sp³-hybridized carbons (Fsp3) is 0.500. The Kier molecular flexibility index (Phi) is 8.29. The molecular weight excluding hydrogens is 296 g/mol. The molecule has 21 heavy (non-hydrogen) atoms. The van der Waals surface area contributed by atoms with E-state index in [0.29, 0.717) is 10.8 Å². The Bertz CT molecular complexity index is 401. The Morgan fingerprint density at radius 3 is 1.57 bits per heavy atom. The van der Waals surface area contributed by atoms with Gasteiger partial charge in [-0.25, -0.2) is 18.6 Å². The van der Waals surface area contributed by atoms with Crippen LogP contribution in [0, 0.1) is 10.8 Å². The third kappa shape index (κ3) is 10.6. The van der Waals surface area contributed by atoms with Crippen molar-refractivity contribution in [1.29, 1.82) is 0 Å². The molecule has 0 atom stereocenters. The third-order valence-corrected chi connectivity index (χ3v) is 2.93.